The van der Waals surface area contributed by atoms with Crippen LogP contribution in [0.3, 0.4) is 0 Å². The number of aliphatic hydroxyl groups excluding tert-OH is 1. The minimum Gasteiger partial charge on any atom is -0.466 e. The summed E-state index contributed by atoms with van der Waals surface area (Å²) in [4.78, 5) is 11.1. The van der Waals surface area contributed by atoms with Crippen molar-refractivity contribution in [2.24, 2.45) is 5.92 Å². The molecule has 1 atom stereocenters. The smallest absolute Gasteiger partial charge is 0.305 e. The summed E-state index contributed by atoms with van der Waals surface area (Å²) in [5.74, 6) is 0.497. The van der Waals surface area contributed by atoms with Crippen molar-refractivity contribution in [2.75, 3.05) is 19.8 Å². The third-order valence-electron chi connectivity index (χ3n) is 2.77. The van der Waals surface area contributed by atoms with E-state index in [0.717, 1.165) is 32.2 Å². The highest BCUT2D eigenvalue weighted by Gasteiger charge is 2.08. The lowest BCUT2D eigenvalue weighted by molar-refractivity contribution is -0.143. The van der Waals surface area contributed by atoms with Gasteiger partial charge in [-0.2, -0.15) is 0 Å². The Balaban J connectivity index is 3.40. The van der Waals surface area contributed by atoms with Crippen molar-refractivity contribution in [1.29, 1.82) is 0 Å². The first-order valence-corrected chi connectivity index (χ1v) is 7.10. The van der Waals surface area contributed by atoms with Gasteiger partial charge in [-0.25, -0.2) is 0 Å². The second kappa shape index (κ2) is 11.5. The maximum Gasteiger partial charge on any atom is 0.305 e. The van der Waals surface area contributed by atoms with Crippen LogP contribution in [0.15, 0.2) is 0 Å². The lowest BCUT2D eigenvalue weighted by Gasteiger charge is -2.18. The molecule has 0 saturated heterocycles. The van der Waals surface area contributed by atoms with E-state index in [1.807, 2.05) is 6.92 Å². The van der Waals surface area contributed by atoms with Crippen molar-refractivity contribution < 1.29 is 14.6 Å². The van der Waals surface area contributed by atoms with Crippen LogP contribution >= 0.6 is 0 Å². The maximum atomic E-state index is 11.1. The Morgan fingerprint density at radius 1 is 1.28 bits per heavy atom. The summed E-state index contributed by atoms with van der Waals surface area (Å²) in [6.45, 7) is 7.70. The van der Waals surface area contributed by atoms with Crippen molar-refractivity contribution in [3.63, 3.8) is 0 Å². The fraction of sp³-hybridized carbons (Fsp3) is 0.929. The molecule has 0 saturated carbocycles. The minimum absolute atomic E-state index is 0.0986. The molecule has 0 amide bonds. The van der Waals surface area contributed by atoms with Gasteiger partial charge in [0.05, 0.1) is 13.2 Å². The molecule has 0 aromatic rings. The quantitative estimate of drug-likeness (QED) is 0.441. The average molecular weight is 259 g/mol. The van der Waals surface area contributed by atoms with E-state index in [1.54, 1.807) is 0 Å². The van der Waals surface area contributed by atoms with Gasteiger partial charge in [0.2, 0.25) is 0 Å². The van der Waals surface area contributed by atoms with Crippen LogP contribution in [0.2, 0.25) is 0 Å². The summed E-state index contributed by atoms with van der Waals surface area (Å²) in [5, 5.41) is 12.5. The van der Waals surface area contributed by atoms with Gasteiger partial charge in [-0.15, -0.1) is 0 Å². The Morgan fingerprint density at radius 3 is 2.56 bits per heavy atom. The summed E-state index contributed by atoms with van der Waals surface area (Å²) in [7, 11) is 0. The average Bonchev–Trinajstić information content (AvgIpc) is 2.31. The molecule has 0 aliphatic rings. The largest absolute Gasteiger partial charge is 0.466 e. The van der Waals surface area contributed by atoms with Gasteiger partial charge in [0.1, 0.15) is 0 Å². The van der Waals surface area contributed by atoms with Crippen LogP contribution in [0.5, 0.6) is 0 Å². The van der Waals surface area contributed by atoms with E-state index < -0.39 is 0 Å². The predicted octanol–water partition coefficient (Wildman–Crippen LogP) is 2.11. The number of aliphatic hydroxyl groups is 1. The number of carbonyl (C=O) groups is 1. The topological polar surface area (TPSA) is 58.6 Å². The van der Waals surface area contributed by atoms with Crippen molar-refractivity contribution in [3.05, 3.63) is 0 Å². The molecule has 4 heteroatoms. The monoisotopic (exact) mass is 259 g/mol. The fourth-order valence-corrected chi connectivity index (χ4v) is 1.90. The van der Waals surface area contributed by atoms with Crippen LogP contribution in [0.25, 0.3) is 0 Å². The van der Waals surface area contributed by atoms with E-state index in [-0.39, 0.29) is 18.6 Å². The maximum absolute atomic E-state index is 11.1. The number of carbonyl (C=O) groups excluding carboxylic acids is 1. The van der Waals surface area contributed by atoms with Crippen molar-refractivity contribution in [3.8, 4) is 0 Å². The Kier molecular flexibility index (Phi) is 11.1. The number of esters is 1. The number of hydrogen-bond donors (Lipinski definition) is 2. The Bertz CT molecular complexity index is 207. The number of nitrogens with one attached hydrogen (secondary N) is 1. The van der Waals surface area contributed by atoms with Gasteiger partial charge >= 0.3 is 5.97 Å². The van der Waals surface area contributed by atoms with Gasteiger partial charge in [-0.05, 0) is 38.6 Å². The Morgan fingerprint density at radius 2 is 2.00 bits per heavy atom. The van der Waals surface area contributed by atoms with E-state index in [2.05, 4.69) is 19.2 Å². The lowest BCUT2D eigenvalue weighted by atomic mass is 10.0. The molecule has 108 valence electrons. The van der Waals surface area contributed by atoms with E-state index in [4.69, 9.17) is 4.74 Å². The highest BCUT2D eigenvalue weighted by atomic mass is 16.5. The Hall–Kier alpha value is -0.610. The van der Waals surface area contributed by atoms with Gasteiger partial charge in [-0.1, -0.05) is 20.3 Å². The molecule has 0 spiro atoms. The van der Waals surface area contributed by atoms with Crippen LogP contribution < -0.4 is 5.32 Å². The second-order valence-electron chi connectivity index (χ2n) is 5.08. The van der Waals surface area contributed by atoms with Crippen LogP contribution in [-0.2, 0) is 9.53 Å². The van der Waals surface area contributed by atoms with Gasteiger partial charge in [0, 0.05) is 12.5 Å². The van der Waals surface area contributed by atoms with Gasteiger partial charge in [0.25, 0.3) is 0 Å². The molecule has 0 aromatic carbocycles. The van der Waals surface area contributed by atoms with Crippen molar-refractivity contribution >= 4 is 5.97 Å². The highest BCUT2D eigenvalue weighted by Crippen LogP contribution is 2.05. The standard InChI is InChI=1S/C14H29NO3/c1-4-18-14(17)8-6-5-7-9-15-13(11-16)10-12(2)3/h12-13,15-16H,4-11H2,1-3H3. The molecule has 0 fully saturated rings. The molecule has 0 radical (unpaired) electrons. The van der Waals surface area contributed by atoms with E-state index in [1.165, 1.54) is 0 Å². The molecule has 0 aliphatic carbocycles. The first kappa shape index (κ1) is 17.4. The molecule has 0 heterocycles. The molecule has 18 heavy (non-hydrogen) atoms. The SMILES string of the molecule is CCOC(=O)CCCCCNC(CO)CC(C)C. The lowest BCUT2D eigenvalue weighted by Crippen LogP contribution is -2.34. The Labute approximate surface area is 111 Å². The number of ether oxygens (including phenoxy) is 1. The molecule has 0 rings (SSSR count). The molecule has 4 nitrogen and oxygen atoms in total. The summed E-state index contributed by atoms with van der Waals surface area (Å²) in [6, 6.07) is 0.204. The number of hydrogen-bond acceptors (Lipinski definition) is 4. The number of rotatable bonds is 11. The van der Waals surface area contributed by atoms with E-state index in [0.29, 0.717) is 18.9 Å². The van der Waals surface area contributed by atoms with Crippen LogP contribution in [0.1, 0.15) is 52.9 Å². The van der Waals surface area contributed by atoms with Crippen molar-refractivity contribution in [1.82, 2.24) is 5.32 Å². The first-order valence-electron chi connectivity index (χ1n) is 7.10. The third kappa shape index (κ3) is 10.5. The van der Waals surface area contributed by atoms with Gasteiger partial charge in [-0.3, -0.25) is 4.79 Å². The number of unbranched alkanes of at least 4 members (excludes halogenated alkanes) is 2. The molecule has 2 N–H and O–H groups in total. The third-order valence-corrected chi connectivity index (χ3v) is 2.77. The zero-order valence-corrected chi connectivity index (χ0v) is 12.1. The van der Waals surface area contributed by atoms with Crippen LogP contribution in [-0.4, -0.2) is 36.9 Å². The van der Waals surface area contributed by atoms with Crippen LogP contribution in [0.4, 0.5) is 0 Å². The van der Waals surface area contributed by atoms with E-state index in [9.17, 15) is 9.90 Å². The molecular weight excluding hydrogens is 230 g/mol. The second-order valence-corrected chi connectivity index (χ2v) is 5.08. The van der Waals surface area contributed by atoms with Crippen molar-refractivity contribution in [2.45, 2.75) is 58.9 Å². The first-order chi connectivity index (χ1) is 8.60. The van der Waals surface area contributed by atoms with Crippen LogP contribution in [0, 0.1) is 5.92 Å². The summed E-state index contributed by atoms with van der Waals surface area (Å²) >= 11 is 0. The molecule has 1 unspecified atom stereocenters. The van der Waals surface area contributed by atoms with Gasteiger partial charge in [0.15, 0.2) is 0 Å². The normalized spacial score (nSPS) is 12.7. The zero-order valence-electron chi connectivity index (χ0n) is 12.1. The molecular formula is C14H29NO3. The molecule has 0 aliphatic heterocycles. The zero-order chi connectivity index (χ0) is 13.8. The summed E-state index contributed by atoms with van der Waals surface area (Å²) < 4.78 is 4.86. The minimum atomic E-state index is -0.0986. The van der Waals surface area contributed by atoms with Gasteiger partial charge < -0.3 is 15.2 Å². The molecule has 0 aromatic heterocycles. The molecule has 0 bridgehead atoms. The predicted molar refractivity (Wildman–Crippen MR) is 73.4 cm³/mol. The van der Waals surface area contributed by atoms with E-state index >= 15 is 0 Å². The summed E-state index contributed by atoms with van der Waals surface area (Å²) in [5.41, 5.74) is 0. The highest BCUT2D eigenvalue weighted by molar-refractivity contribution is 5.69. The fourth-order valence-electron chi connectivity index (χ4n) is 1.90. The summed E-state index contributed by atoms with van der Waals surface area (Å²) in [6.07, 6.45) is 4.46.